The Morgan fingerprint density at radius 3 is 2.27 bits per heavy atom. The van der Waals surface area contributed by atoms with E-state index >= 15 is 0 Å². The molecular weight excluding hydrogens is 363 g/mol. The summed E-state index contributed by atoms with van der Waals surface area (Å²) in [6.07, 6.45) is 2.61. The van der Waals surface area contributed by atoms with Crippen LogP contribution < -0.4 is 0 Å². The second-order valence-electron chi connectivity index (χ2n) is 7.26. The number of rotatable bonds is 4. The molecule has 4 rings (SSSR count). The minimum Gasteiger partial charge on any atom is -0.300 e. The van der Waals surface area contributed by atoms with Gasteiger partial charge in [-0.25, -0.2) is 0 Å². The van der Waals surface area contributed by atoms with Crippen LogP contribution in [0.2, 0.25) is 0 Å². The van der Waals surface area contributed by atoms with Crippen LogP contribution in [-0.4, -0.2) is 42.5 Å². The lowest BCUT2D eigenvalue weighted by atomic mass is 9.80. The highest BCUT2D eigenvalue weighted by Crippen LogP contribution is 2.40. The third-order valence-electron chi connectivity index (χ3n) is 5.75. The van der Waals surface area contributed by atoms with Crippen molar-refractivity contribution in [2.45, 2.75) is 31.7 Å². The van der Waals surface area contributed by atoms with Crippen LogP contribution in [-0.2, 0) is 0 Å². The Kier molecular flexibility index (Phi) is 7.97. The summed E-state index contributed by atoms with van der Waals surface area (Å²) in [5.74, 6) is 0.515. The fraction of sp³-hybridized carbons (Fsp3) is 0.455. The van der Waals surface area contributed by atoms with Gasteiger partial charge in [-0.15, -0.1) is 24.8 Å². The van der Waals surface area contributed by atoms with Crippen molar-refractivity contribution in [1.82, 2.24) is 9.80 Å². The number of benzene rings is 2. The molecule has 2 heterocycles. The average molecular weight is 393 g/mol. The number of hydrogen-bond acceptors (Lipinski definition) is 2. The molecule has 0 aliphatic carbocycles. The van der Waals surface area contributed by atoms with Gasteiger partial charge in [0.25, 0.3) is 0 Å². The van der Waals surface area contributed by atoms with Crippen LogP contribution in [0.15, 0.2) is 54.6 Å². The molecule has 0 spiro atoms. The summed E-state index contributed by atoms with van der Waals surface area (Å²) in [5.41, 5.74) is 4.55. The monoisotopic (exact) mass is 392 g/mol. The van der Waals surface area contributed by atoms with E-state index in [2.05, 4.69) is 71.3 Å². The lowest BCUT2D eigenvalue weighted by Crippen LogP contribution is -2.51. The van der Waals surface area contributed by atoms with E-state index in [1.807, 2.05) is 0 Å². The number of unbranched alkanes of at least 4 members (excludes halogenated alkanes) is 1. The van der Waals surface area contributed by atoms with Gasteiger partial charge in [0, 0.05) is 38.1 Å². The molecule has 2 atom stereocenters. The zero-order chi connectivity index (χ0) is 16.4. The quantitative estimate of drug-likeness (QED) is 0.710. The topological polar surface area (TPSA) is 6.48 Å². The van der Waals surface area contributed by atoms with Crippen LogP contribution in [0.25, 0.3) is 0 Å². The predicted octanol–water partition coefficient (Wildman–Crippen LogP) is 5.13. The molecule has 142 valence electrons. The SMILES string of the molecule is CCCCN1CCN2C[C@@H](c3ccccc3)c3ccccc3[C@@H]2C1.Cl.Cl. The van der Waals surface area contributed by atoms with Gasteiger partial charge in [0.2, 0.25) is 0 Å². The molecule has 2 aromatic carbocycles. The molecule has 0 unspecified atom stereocenters. The summed E-state index contributed by atoms with van der Waals surface area (Å²) in [7, 11) is 0. The lowest BCUT2D eigenvalue weighted by Gasteiger charge is -2.47. The maximum absolute atomic E-state index is 2.72. The Morgan fingerprint density at radius 1 is 0.846 bits per heavy atom. The molecule has 0 bridgehead atoms. The summed E-state index contributed by atoms with van der Waals surface area (Å²) < 4.78 is 0. The van der Waals surface area contributed by atoms with Gasteiger partial charge < -0.3 is 4.90 Å². The standard InChI is InChI=1S/C22H28N2.2ClH/c1-2-3-13-23-14-15-24-16-21(18-9-5-4-6-10-18)19-11-7-8-12-20(19)22(24)17-23;;/h4-12,21-22H,2-3,13-17H2,1H3;2*1H/t21-,22-;;/m0../s1. The fourth-order valence-corrected chi connectivity index (χ4v) is 4.41. The van der Waals surface area contributed by atoms with E-state index in [1.54, 1.807) is 11.1 Å². The number of hydrogen-bond donors (Lipinski definition) is 0. The molecule has 26 heavy (non-hydrogen) atoms. The smallest absolute Gasteiger partial charge is 0.0479 e. The summed E-state index contributed by atoms with van der Waals surface area (Å²) in [6, 6.07) is 20.8. The summed E-state index contributed by atoms with van der Waals surface area (Å²) >= 11 is 0. The van der Waals surface area contributed by atoms with Crippen molar-refractivity contribution in [3.63, 3.8) is 0 Å². The Balaban J connectivity index is 0.00000121. The number of piperazine rings is 1. The second-order valence-corrected chi connectivity index (χ2v) is 7.26. The summed E-state index contributed by atoms with van der Waals surface area (Å²) in [5, 5.41) is 0. The molecule has 2 aliphatic rings. The first kappa shape index (κ1) is 21.2. The van der Waals surface area contributed by atoms with Crippen LogP contribution in [0, 0.1) is 0 Å². The van der Waals surface area contributed by atoms with E-state index in [4.69, 9.17) is 0 Å². The minimum absolute atomic E-state index is 0. The normalized spacial score (nSPS) is 22.5. The molecule has 1 fully saturated rings. The van der Waals surface area contributed by atoms with E-state index < -0.39 is 0 Å². The number of nitrogens with zero attached hydrogens (tertiary/aromatic N) is 2. The molecule has 2 aliphatic heterocycles. The van der Waals surface area contributed by atoms with Crippen LogP contribution in [0.5, 0.6) is 0 Å². The van der Waals surface area contributed by atoms with Crippen LogP contribution >= 0.6 is 24.8 Å². The van der Waals surface area contributed by atoms with Crippen molar-refractivity contribution in [3.8, 4) is 0 Å². The van der Waals surface area contributed by atoms with Crippen molar-refractivity contribution < 1.29 is 0 Å². The predicted molar refractivity (Wildman–Crippen MR) is 115 cm³/mol. The first-order valence-corrected chi connectivity index (χ1v) is 9.47. The molecule has 2 aromatic rings. The lowest BCUT2D eigenvalue weighted by molar-refractivity contribution is 0.0620. The highest BCUT2D eigenvalue weighted by Gasteiger charge is 2.36. The zero-order valence-electron chi connectivity index (χ0n) is 15.5. The van der Waals surface area contributed by atoms with Gasteiger partial charge in [0.15, 0.2) is 0 Å². The van der Waals surface area contributed by atoms with E-state index in [-0.39, 0.29) is 24.8 Å². The van der Waals surface area contributed by atoms with Crippen LogP contribution in [0.3, 0.4) is 0 Å². The van der Waals surface area contributed by atoms with E-state index in [1.165, 1.54) is 44.6 Å². The highest BCUT2D eigenvalue weighted by atomic mass is 35.5. The van der Waals surface area contributed by atoms with Gasteiger partial charge in [-0.05, 0) is 29.7 Å². The van der Waals surface area contributed by atoms with Crippen molar-refractivity contribution in [1.29, 1.82) is 0 Å². The first-order chi connectivity index (χ1) is 11.9. The first-order valence-electron chi connectivity index (χ1n) is 9.47. The average Bonchev–Trinajstić information content (AvgIpc) is 2.66. The van der Waals surface area contributed by atoms with Crippen molar-refractivity contribution in [2.24, 2.45) is 0 Å². The van der Waals surface area contributed by atoms with Gasteiger partial charge >= 0.3 is 0 Å². The summed E-state index contributed by atoms with van der Waals surface area (Å²) in [4.78, 5) is 5.40. The van der Waals surface area contributed by atoms with E-state index in [9.17, 15) is 0 Å². The molecule has 1 saturated heterocycles. The van der Waals surface area contributed by atoms with Gasteiger partial charge in [-0.3, -0.25) is 4.90 Å². The van der Waals surface area contributed by atoms with Gasteiger partial charge in [0.05, 0.1) is 0 Å². The molecule has 0 radical (unpaired) electrons. The third kappa shape index (κ3) is 4.26. The van der Waals surface area contributed by atoms with Crippen molar-refractivity contribution in [3.05, 3.63) is 71.3 Å². The Bertz CT molecular complexity index is 677. The summed E-state index contributed by atoms with van der Waals surface area (Å²) in [6.45, 7) is 8.32. The zero-order valence-corrected chi connectivity index (χ0v) is 17.1. The van der Waals surface area contributed by atoms with Gasteiger partial charge in [0.1, 0.15) is 0 Å². The third-order valence-corrected chi connectivity index (χ3v) is 5.75. The van der Waals surface area contributed by atoms with Crippen LogP contribution in [0.4, 0.5) is 0 Å². The minimum atomic E-state index is 0. The highest BCUT2D eigenvalue weighted by molar-refractivity contribution is 5.85. The maximum atomic E-state index is 2.72. The number of halogens is 2. The maximum Gasteiger partial charge on any atom is 0.0479 e. The second kappa shape index (κ2) is 9.75. The molecule has 0 amide bonds. The largest absolute Gasteiger partial charge is 0.300 e. The molecule has 2 nitrogen and oxygen atoms in total. The van der Waals surface area contributed by atoms with Crippen molar-refractivity contribution >= 4 is 24.8 Å². The molecular formula is C22H30Cl2N2. The van der Waals surface area contributed by atoms with Gasteiger partial charge in [-0.2, -0.15) is 0 Å². The Morgan fingerprint density at radius 2 is 1.54 bits per heavy atom. The van der Waals surface area contributed by atoms with Gasteiger partial charge in [-0.1, -0.05) is 67.9 Å². The molecule has 4 heteroatoms. The Hall–Kier alpha value is -1.06. The van der Waals surface area contributed by atoms with Crippen molar-refractivity contribution in [2.75, 3.05) is 32.7 Å². The Labute approximate surface area is 170 Å². The molecule has 0 saturated carbocycles. The van der Waals surface area contributed by atoms with Crippen LogP contribution in [0.1, 0.15) is 48.4 Å². The fourth-order valence-electron chi connectivity index (χ4n) is 4.41. The van der Waals surface area contributed by atoms with E-state index in [0.29, 0.717) is 12.0 Å². The molecule has 0 N–H and O–H groups in total. The number of fused-ring (bicyclic) bond motifs is 3. The molecule has 0 aromatic heterocycles. The van der Waals surface area contributed by atoms with E-state index in [0.717, 1.165) is 6.54 Å².